The summed E-state index contributed by atoms with van der Waals surface area (Å²) in [6.45, 7) is 5.11. The number of methoxy groups -OCH3 is 3. The highest BCUT2D eigenvalue weighted by molar-refractivity contribution is 5.76. The van der Waals surface area contributed by atoms with Crippen LogP contribution in [0.4, 0.5) is 0 Å². The van der Waals surface area contributed by atoms with Crippen LogP contribution < -0.4 is 14.2 Å². The van der Waals surface area contributed by atoms with Crippen molar-refractivity contribution >= 4 is 5.91 Å². The second-order valence-electron chi connectivity index (χ2n) is 8.07. The molecule has 33 heavy (non-hydrogen) atoms. The molecule has 8 nitrogen and oxygen atoms in total. The summed E-state index contributed by atoms with van der Waals surface area (Å²) in [5.74, 6) is 2.76. The van der Waals surface area contributed by atoms with Crippen LogP contribution in [0.1, 0.15) is 31.7 Å². The van der Waals surface area contributed by atoms with Gasteiger partial charge in [0.15, 0.2) is 11.5 Å². The number of rotatable bonds is 11. The Morgan fingerprint density at radius 3 is 2.27 bits per heavy atom. The lowest BCUT2D eigenvalue weighted by Crippen LogP contribution is -2.33. The molecule has 3 aromatic rings. The van der Waals surface area contributed by atoms with Gasteiger partial charge in [-0.2, -0.15) is 4.98 Å². The Kier molecular flexibility index (Phi) is 8.29. The molecule has 3 rings (SSSR count). The molecule has 2 aromatic carbocycles. The molecule has 0 N–H and O–H groups in total. The SMILES string of the molecule is COc1cc(-c2noc(CCN(Cc3ccccc3)C(=O)CC(C)C)n2)cc(OC)c1OC. The number of benzene rings is 2. The van der Waals surface area contributed by atoms with Crippen LogP contribution in [0.15, 0.2) is 47.0 Å². The van der Waals surface area contributed by atoms with Crippen molar-refractivity contribution in [3.05, 3.63) is 53.9 Å². The summed E-state index contributed by atoms with van der Waals surface area (Å²) in [7, 11) is 4.66. The molecule has 1 aromatic heterocycles. The van der Waals surface area contributed by atoms with Crippen LogP contribution in [0.2, 0.25) is 0 Å². The Morgan fingerprint density at radius 2 is 1.70 bits per heavy atom. The van der Waals surface area contributed by atoms with E-state index >= 15 is 0 Å². The van der Waals surface area contributed by atoms with Crippen molar-refractivity contribution in [2.24, 2.45) is 5.92 Å². The van der Waals surface area contributed by atoms with E-state index in [1.807, 2.05) is 49.1 Å². The van der Waals surface area contributed by atoms with E-state index in [1.54, 1.807) is 33.5 Å². The van der Waals surface area contributed by atoms with Gasteiger partial charge in [-0.05, 0) is 23.6 Å². The van der Waals surface area contributed by atoms with Gasteiger partial charge in [-0.15, -0.1) is 0 Å². The van der Waals surface area contributed by atoms with E-state index < -0.39 is 0 Å². The predicted molar refractivity (Wildman–Crippen MR) is 124 cm³/mol. The lowest BCUT2D eigenvalue weighted by molar-refractivity contribution is -0.132. The third-order valence-electron chi connectivity index (χ3n) is 5.14. The molecule has 0 aliphatic heterocycles. The molecular weight excluding hydrogens is 422 g/mol. The zero-order valence-corrected chi connectivity index (χ0v) is 19.8. The van der Waals surface area contributed by atoms with Crippen molar-refractivity contribution in [2.45, 2.75) is 33.2 Å². The largest absolute Gasteiger partial charge is 0.493 e. The zero-order chi connectivity index (χ0) is 23.8. The summed E-state index contributed by atoms with van der Waals surface area (Å²) >= 11 is 0. The molecule has 8 heteroatoms. The molecule has 0 bridgehead atoms. The molecule has 1 heterocycles. The van der Waals surface area contributed by atoms with Crippen LogP contribution in [0.5, 0.6) is 17.2 Å². The highest BCUT2D eigenvalue weighted by Gasteiger charge is 2.19. The first kappa shape index (κ1) is 24.1. The number of ether oxygens (including phenoxy) is 3. The molecule has 0 aliphatic rings. The Hall–Kier alpha value is -3.55. The van der Waals surface area contributed by atoms with Gasteiger partial charge in [0.2, 0.25) is 23.4 Å². The topological polar surface area (TPSA) is 86.9 Å². The van der Waals surface area contributed by atoms with Gasteiger partial charge in [-0.3, -0.25) is 4.79 Å². The van der Waals surface area contributed by atoms with E-state index in [0.29, 0.717) is 60.5 Å². The van der Waals surface area contributed by atoms with E-state index in [2.05, 4.69) is 10.1 Å². The molecule has 0 radical (unpaired) electrons. The van der Waals surface area contributed by atoms with Gasteiger partial charge in [0.1, 0.15) is 0 Å². The number of amides is 1. The van der Waals surface area contributed by atoms with Gasteiger partial charge in [-0.25, -0.2) is 0 Å². The van der Waals surface area contributed by atoms with Gasteiger partial charge in [0.25, 0.3) is 0 Å². The van der Waals surface area contributed by atoms with Crippen LogP contribution in [0.3, 0.4) is 0 Å². The van der Waals surface area contributed by atoms with E-state index in [4.69, 9.17) is 18.7 Å². The third kappa shape index (κ3) is 6.25. The standard InChI is InChI=1S/C25H31N3O5/c1-17(2)13-23(29)28(16-18-9-7-6-8-10-18)12-11-22-26-25(27-33-22)19-14-20(30-3)24(32-5)21(15-19)31-4/h6-10,14-15,17H,11-13,16H2,1-5H3. The van der Waals surface area contributed by atoms with E-state index in [9.17, 15) is 4.79 Å². The van der Waals surface area contributed by atoms with Crippen molar-refractivity contribution in [3.8, 4) is 28.6 Å². The lowest BCUT2D eigenvalue weighted by Gasteiger charge is -2.23. The summed E-state index contributed by atoms with van der Waals surface area (Å²) in [5.41, 5.74) is 1.76. The van der Waals surface area contributed by atoms with Crippen LogP contribution in [0, 0.1) is 5.92 Å². The maximum Gasteiger partial charge on any atom is 0.228 e. The Labute approximate surface area is 194 Å². The van der Waals surface area contributed by atoms with Gasteiger partial charge in [0.05, 0.1) is 21.3 Å². The molecular formula is C25H31N3O5. The molecule has 0 aliphatic carbocycles. The van der Waals surface area contributed by atoms with Crippen molar-refractivity contribution in [1.82, 2.24) is 15.0 Å². The number of carbonyl (C=O) groups is 1. The molecule has 0 saturated carbocycles. The Bertz CT molecular complexity index is 1020. The highest BCUT2D eigenvalue weighted by atomic mass is 16.5. The first-order valence-electron chi connectivity index (χ1n) is 10.9. The van der Waals surface area contributed by atoms with E-state index in [0.717, 1.165) is 5.56 Å². The minimum Gasteiger partial charge on any atom is -0.493 e. The first-order valence-corrected chi connectivity index (χ1v) is 10.9. The summed E-state index contributed by atoms with van der Waals surface area (Å²) in [5, 5.41) is 4.11. The first-order chi connectivity index (χ1) is 15.9. The zero-order valence-electron chi connectivity index (χ0n) is 19.8. The predicted octanol–water partition coefficient (Wildman–Crippen LogP) is 4.38. The summed E-state index contributed by atoms with van der Waals surface area (Å²) in [6, 6.07) is 13.5. The van der Waals surface area contributed by atoms with Gasteiger partial charge in [-0.1, -0.05) is 49.3 Å². The number of hydrogen-bond donors (Lipinski definition) is 0. The van der Waals surface area contributed by atoms with Crippen LogP contribution in [-0.4, -0.2) is 48.8 Å². The molecule has 0 unspecified atom stereocenters. The molecule has 1 amide bonds. The lowest BCUT2D eigenvalue weighted by atomic mass is 10.1. The fraction of sp³-hybridized carbons (Fsp3) is 0.400. The van der Waals surface area contributed by atoms with Gasteiger partial charge >= 0.3 is 0 Å². The van der Waals surface area contributed by atoms with Gasteiger partial charge < -0.3 is 23.6 Å². The molecule has 176 valence electrons. The van der Waals surface area contributed by atoms with Crippen LogP contribution in [-0.2, 0) is 17.8 Å². The molecule has 0 atom stereocenters. The second-order valence-corrected chi connectivity index (χ2v) is 8.07. The average molecular weight is 454 g/mol. The molecule has 0 saturated heterocycles. The highest BCUT2D eigenvalue weighted by Crippen LogP contribution is 2.40. The van der Waals surface area contributed by atoms with Crippen molar-refractivity contribution < 1.29 is 23.5 Å². The quantitative estimate of drug-likeness (QED) is 0.426. The summed E-state index contributed by atoms with van der Waals surface area (Å²) < 4.78 is 21.6. The van der Waals surface area contributed by atoms with Crippen molar-refractivity contribution in [3.63, 3.8) is 0 Å². The number of hydrogen-bond acceptors (Lipinski definition) is 7. The smallest absolute Gasteiger partial charge is 0.228 e. The van der Waals surface area contributed by atoms with E-state index in [1.165, 1.54) is 0 Å². The summed E-state index contributed by atoms with van der Waals surface area (Å²) in [6.07, 6.45) is 0.946. The fourth-order valence-corrected chi connectivity index (χ4v) is 3.49. The minimum atomic E-state index is 0.109. The van der Waals surface area contributed by atoms with E-state index in [-0.39, 0.29) is 11.8 Å². The third-order valence-corrected chi connectivity index (χ3v) is 5.14. The number of carbonyl (C=O) groups excluding carboxylic acids is 1. The maximum atomic E-state index is 12.8. The molecule has 0 spiro atoms. The number of nitrogens with zero attached hydrogens (tertiary/aromatic N) is 3. The maximum absolute atomic E-state index is 12.8. The molecule has 0 fully saturated rings. The van der Waals surface area contributed by atoms with Crippen LogP contribution in [0.25, 0.3) is 11.4 Å². The normalized spacial score (nSPS) is 10.8. The van der Waals surface area contributed by atoms with Crippen LogP contribution >= 0.6 is 0 Å². The Morgan fingerprint density at radius 1 is 1.03 bits per heavy atom. The fourth-order valence-electron chi connectivity index (χ4n) is 3.49. The Balaban J connectivity index is 1.76. The van der Waals surface area contributed by atoms with Crippen molar-refractivity contribution in [2.75, 3.05) is 27.9 Å². The van der Waals surface area contributed by atoms with Gasteiger partial charge in [0, 0.05) is 31.5 Å². The van der Waals surface area contributed by atoms with Crippen molar-refractivity contribution in [1.29, 1.82) is 0 Å². The average Bonchev–Trinajstić information content (AvgIpc) is 3.30. The number of aromatic nitrogens is 2. The monoisotopic (exact) mass is 453 g/mol. The second kappa shape index (κ2) is 11.4. The minimum absolute atomic E-state index is 0.109. The summed E-state index contributed by atoms with van der Waals surface area (Å²) in [4.78, 5) is 19.2.